The van der Waals surface area contributed by atoms with E-state index in [1.165, 1.54) is 0 Å². The van der Waals surface area contributed by atoms with E-state index in [0.29, 0.717) is 34.9 Å². The topological polar surface area (TPSA) is 101 Å². The fraction of sp³-hybridized carbons (Fsp3) is 0.385. The number of fused-ring (bicyclic) bond motifs is 1. The molecule has 0 spiro atoms. The molecule has 10 nitrogen and oxygen atoms in total. The molecule has 2 aromatic carbocycles. The largest absolute Gasteiger partial charge is 0.493 e. The average Bonchev–Trinajstić information content (AvgIpc) is 3.36. The summed E-state index contributed by atoms with van der Waals surface area (Å²) in [4.78, 5) is 21.3. The van der Waals surface area contributed by atoms with Crippen molar-refractivity contribution in [3.63, 3.8) is 0 Å². The van der Waals surface area contributed by atoms with E-state index >= 15 is 0 Å². The predicted octanol–water partition coefficient (Wildman–Crippen LogP) is 2.31. The highest BCUT2D eigenvalue weighted by atomic mass is 16.5. The van der Waals surface area contributed by atoms with E-state index in [1.807, 2.05) is 42.5 Å². The molecule has 1 unspecified atom stereocenters. The molecule has 0 saturated carbocycles. The summed E-state index contributed by atoms with van der Waals surface area (Å²) in [5.41, 5.74) is 2.19. The number of nitrogens with one attached hydrogen (secondary N) is 1. The lowest BCUT2D eigenvalue weighted by Gasteiger charge is -2.38. The Bertz CT molecular complexity index is 1380. The minimum atomic E-state index is -0.399. The number of likely N-dealkylation sites (N-methyl/N-ethyl adjacent to an activating group) is 1. The van der Waals surface area contributed by atoms with E-state index in [0.717, 1.165) is 43.7 Å². The number of H-pyrrole nitrogens is 1. The van der Waals surface area contributed by atoms with Gasteiger partial charge in [0, 0.05) is 43.2 Å². The van der Waals surface area contributed by atoms with Crippen LogP contribution in [-0.4, -0.2) is 81.9 Å². The quantitative estimate of drug-likeness (QED) is 0.402. The highest BCUT2D eigenvalue weighted by Crippen LogP contribution is 2.33. The van der Waals surface area contributed by atoms with Gasteiger partial charge in [0.1, 0.15) is 6.04 Å². The highest BCUT2D eigenvalue weighted by molar-refractivity contribution is 5.83. The van der Waals surface area contributed by atoms with Gasteiger partial charge < -0.3 is 19.4 Å². The van der Waals surface area contributed by atoms with Crippen LogP contribution in [-0.2, 0) is 6.54 Å². The van der Waals surface area contributed by atoms with Gasteiger partial charge >= 0.3 is 0 Å². The zero-order valence-electron chi connectivity index (χ0n) is 20.8. The van der Waals surface area contributed by atoms with Crippen molar-refractivity contribution in [1.29, 1.82) is 0 Å². The van der Waals surface area contributed by atoms with Crippen LogP contribution in [0.5, 0.6) is 11.5 Å². The smallest absolute Gasteiger partial charge is 0.253 e. The summed E-state index contributed by atoms with van der Waals surface area (Å²) in [6.07, 6.45) is 0. The van der Waals surface area contributed by atoms with Crippen molar-refractivity contribution in [1.82, 2.24) is 35.0 Å². The summed E-state index contributed by atoms with van der Waals surface area (Å²) in [6, 6.07) is 15.3. The number of methoxy groups -OCH3 is 2. The second kappa shape index (κ2) is 10.5. The molecule has 0 aliphatic carbocycles. The third kappa shape index (κ3) is 4.69. The molecule has 5 rings (SSSR count). The van der Waals surface area contributed by atoms with Gasteiger partial charge in [0.2, 0.25) is 0 Å². The Kier molecular flexibility index (Phi) is 6.97. The van der Waals surface area contributed by atoms with Crippen LogP contribution in [0.1, 0.15) is 29.9 Å². The van der Waals surface area contributed by atoms with E-state index in [2.05, 4.69) is 37.2 Å². The maximum Gasteiger partial charge on any atom is 0.253 e. The first-order valence-electron chi connectivity index (χ1n) is 12.2. The first kappa shape index (κ1) is 24.0. The van der Waals surface area contributed by atoms with Gasteiger partial charge in [-0.15, -0.1) is 5.10 Å². The van der Waals surface area contributed by atoms with E-state index in [4.69, 9.17) is 9.47 Å². The van der Waals surface area contributed by atoms with Gasteiger partial charge in [-0.25, -0.2) is 4.68 Å². The third-order valence-corrected chi connectivity index (χ3v) is 6.87. The van der Waals surface area contributed by atoms with Crippen LogP contribution in [0.25, 0.3) is 10.9 Å². The minimum Gasteiger partial charge on any atom is -0.493 e. The number of hydrogen-bond donors (Lipinski definition) is 1. The molecule has 36 heavy (non-hydrogen) atoms. The lowest BCUT2D eigenvalue weighted by atomic mass is 10.0. The number of nitrogens with zero attached hydrogens (tertiary/aromatic N) is 6. The molecule has 0 radical (unpaired) electrons. The molecule has 0 bridgehead atoms. The number of benzene rings is 2. The van der Waals surface area contributed by atoms with Gasteiger partial charge in [0.05, 0.1) is 26.3 Å². The highest BCUT2D eigenvalue weighted by Gasteiger charge is 2.32. The fourth-order valence-corrected chi connectivity index (χ4v) is 4.87. The maximum absolute atomic E-state index is 13.5. The number of rotatable bonds is 8. The monoisotopic (exact) mass is 489 g/mol. The number of aromatic amines is 1. The van der Waals surface area contributed by atoms with Crippen molar-refractivity contribution in [2.45, 2.75) is 19.5 Å². The molecule has 3 heterocycles. The van der Waals surface area contributed by atoms with Gasteiger partial charge in [-0.2, -0.15) is 0 Å². The van der Waals surface area contributed by atoms with Gasteiger partial charge in [-0.1, -0.05) is 37.3 Å². The Hall–Kier alpha value is -3.76. The molecule has 1 atom stereocenters. The van der Waals surface area contributed by atoms with Crippen molar-refractivity contribution >= 4 is 10.9 Å². The minimum absolute atomic E-state index is 0.174. The number of hydrogen-bond acceptors (Lipinski definition) is 8. The van der Waals surface area contributed by atoms with Crippen molar-refractivity contribution in [2.24, 2.45) is 0 Å². The second-order valence-corrected chi connectivity index (χ2v) is 8.90. The van der Waals surface area contributed by atoms with Crippen LogP contribution in [0.4, 0.5) is 0 Å². The Labute approximate surface area is 209 Å². The number of piperazine rings is 1. The number of tetrazole rings is 1. The van der Waals surface area contributed by atoms with Crippen LogP contribution in [0.3, 0.4) is 0 Å². The summed E-state index contributed by atoms with van der Waals surface area (Å²) in [7, 11) is 3.18. The zero-order chi connectivity index (χ0) is 25.1. The van der Waals surface area contributed by atoms with Crippen LogP contribution < -0.4 is 15.0 Å². The van der Waals surface area contributed by atoms with Gasteiger partial charge in [-0.05, 0) is 34.7 Å². The predicted molar refractivity (Wildman–Crippen MR) is 137 cm³/mol. The van der Waals surface area contributed by atoms with Gasteiger partial charge in [-0.3, -0.25) is 9.69 Å². The van der Waals surface area contributed by atoms with E-state index in [9.17, 15) is 4.79 Å². The lowest BCUT2D eigenvalue weighted by molar-refractivity contribution is 0.108. The molecule has 1 saturated heterocycles. The molecule has 1 aliphatic heterocycles. The number of aromatic nitrogens is 5. The lowest BCUT2D eigenvalue weighted by Crippen LogP contribution is -2.49. The van der Waals surface area contributed by atoms with E-state index in [-0.39, 0.29) is 5.56 Å². The van der Waals surface area contributed by atoms with Crippen molar-refractivity contribution in [3.8, 4) is 11.5 Å². The molecule has 1 aliphatic rings. The van der Waals surface area contributed by atoms with Crippen molar-refractivity contribution in [3.05, 3.63) is 75.8 Å². The molecular weight excluding hydrogens is 458 g/mol. The van der Waals surface area contributed by atoms with Gasteiger partial charge in [0.25, 0.3) is 5.56 Å². The second-order valence-electron chi connectivity index (χ2n) is 8.90. The normalized spacial score (nSPS) is 15.8. The van der Waals surface area contributed by atoms with Crippen LogP contribution in [0, 0.1) is 0 Å². The molecule has 4 aromatic rings. The molecule has 1 fully saturated rings. The molecule has 188 valence electrons. The number of pyridine rings is 1. The molecule has 1 N–H and O–H groups in total. The van der Waals surface area contributed by atoms with Crippen LogP contribution >= 0.6 is 0 Å². The fourth-order valence-electron chi connectivity index (χ4n) is 4.87. The molecule has 0 amide bonds. The summed E-state index contributed by atoms with van der Waals surface area (Å²) in [6.45, 7) is 7.14. The third-order valence-electron chi connectivity index (χ3n) is 6.87. The van der Waals surface area contributed by atoms with Gasteiger partial charge in [0.15, 0.2) is 17.3 Å². The SMILES string of the molecule is CCN1CCN(C(c2cc3cc(OC)c(OC)cc3[nH]c2=O)c2nnnn2Cc2ccccc2)CC1. The van der Waals surface area contributed by atoms with E-state index < -0.39 is 6.04 Å². The van der Waals surface area contributed by atoms with Crippen LogP contribution in [0.2, 0.25) is 0 Å². The zero-order valence-corrected chi connectivity index (χ0v) is 20.8. The van der Waals surface area contributed by atoms with E-state index in [1.54, 1.807) is 25.0 Å². The van der Waals surface area contributed by atoms with Crippen molar-refractivity contribution < 1.29 is 9.47 Å². The first-order valence-corrected chi connectivity index (χ1v) is 12.2. The maximum atomic E-state index is 13.5. The summed E-state index contributed by atoms with van der Waals surface area (Å²) >= 11 is 0. The number of ether oxygens (including phenoxy) is 2. The summed E-state index contributed by atoms with van der Waals surface area (Å²) in [5, 5.41) is 13.6. The Morgan fingerprint density at radius 2 is 1.72 bits per heavy atom. The standard InChI is InChI=1S/C26H31N7O3/c1-4-31-10-12-32(13-11-31)24(25-28-29-30-33(25)17-18-8-6-5-7-9-18)20-14-19-15-22(35-2)23(36-3)16-21(19)27-26(20)34/h5-9,14-16,24H,4,10-13,17H2,1-3H3,(H,27,34). The molecule has 10 heteroatoms. The average molecular weight is 490 g/mol. The summed E-state index contributed by atoms with van der Waals surface area (Å²) < 4.78 is 12.7. The Morgan fingerprint density at radius 3 is 2.42 bits per heavy atom. The Morgan fingerprint density at radius 1 is 1.00 bits per heavy atom. The molecular formula is C26H31N7O3. The van der Waals surface area contributed by atoms with Crippen LogP contribution in [0.15, 0.2) is 53.3 Å². The molecule has 2 aromatic heterocycles. The summed E-state index contributed by atoms with van der Waals surface area (Å²) in [5.74, 6) is 1.81. The van der Waals surface area contributed by atoms with Crippen molar-refractivity contribution in [2.75, 3.05) is 46.9 Å². The Balaban J connectivity index is 1.61. The first-order chi connectivity index (χ1) is 17.6.